The van der Waals surface area contributed by atoms with E-state index in [-0.39, 0.29) is 5.91 Å². The molecule has 3 aromatic rings. The van der Waals surface area contributed by atoms with Gasteiger partial charge in [0.25, 0.3) is 5.91 Å². The number of nitrogens with zero attached hydrogens (tertiary/aromatic N) is 5. The van der Waals surface area contributed by atoms with E-state index in [1.165, 1.54) is 11.3 Å². The first kappa shape index (κ1) is 16.8. The zero-order valence-electron chi connectivity index (χ0n) is 14.5. The van der Waals surface area contributed by atoms with E-state index in [0.717, 1.165) is 36.4 Å². The first-order valence-electron chi connectivity index (χ1n) is 8.62. The predicted octanol–water partition coefficient (Wildman–Crippen LogP) is 2.99. The van der Waals surface area contributed by atoms with Crippen molar-refractivity contribution < 1.29 is 9.32 Å². The number of thiophene rings is 1. The molecule has 26 heavy (non-hydrogen) atoms. The summed E-state index contributed by atoms with van der Waals surface area (Å²) < 4.78 is 5.38. The number of aromatic nitrogens is 4. The average molecular weight is 369 g/mol. The van der Waals surface area contributed by atoms with Crippen molar-refractivity contribution in [1.82, 2.24) is 25.0 Å². The largest absolute Gasteiger partial charge is 0.339 e. The van der Waals surface area contributed by atoms with E-state index in [9.17, 15) is 4.79 Å². The highest BCUT2D eigenvalue weighted by molar-refractivity contribution is 7.12. The quantitative estimate of drug-likeness (QED) is 0.703. The number of aryl methyl sites for hydroxylation is 1. The monoisotopic (exact) mass is 369 g/mol. The summed E-state index contributed by atoms with van der Waals surface area (Å²) >= 11 is 1.51. The van der Waals surface area contributed by atoms with Gasteiger partial charge in [-0.1, -0.05) is 5.16 Å². The Morgan fingerprint density at radius 1 is 1.42 bits per heavy atom. The lowest BCUT2D eigenvalue weighted by molar-refractivity contribution is 0.0673. The van der Waals surface area contributed by atoms with E-state index >= 15 is 0 Å². The van der Waals surface area contributed by atoms with Gasteiger partial charge in [0, 0.05) is 31.9 Å². The van der Waals surface area contributed by atoms with Crippen LogP contribution in [0, 0.1) is 12.8 Å². The van der Waals surface area contributed by atoms with Crippen molar-refractivity contribution in [3.05, 3.63) is 46.4 Å². The molecule has 8 heteroatoms. The van der Waals surface area contributed by atoms with Crippen molar-refractivity contribution in [3.63, 3.8) is 0 Å². The van der Waals surface area contributed by atoms with Gasteiger partial charge >= 0.3 is 0 Å². The number of likely N-dealkylation sites (tertiary alicyclic amines) is 1. The first-order chi connectivity index (χ1) is 12.7. The molecular formula is C18H19N5O2S. The molecule has 0 spiro atoms. The fraction of sp³-hybridized carbons (Fsp3) is 0.389. The number of amides is 1. The third-order valence-corrected chi connectivity index (χ3v) is 5.51. The molecule has 0 radical (unpaired) electrons. The average Bonchev–Trinajstić information content (AvgIpc) is 3.31. The Bertz CT molecular complexity index is 892. The van der Waals surface area contributed by atoms with Crippen LogP contribution in [-0.4, -0.2) is 44.0 Å². The molecule has 0 aliphatic carbocycles. The lowest BCUT2D eigenvalue weighted by Gasteiger charge is -2.31. The fourth-order valence-corrected chi connectivity index (χ4v) is 4.08. The van der Waals surface area contributed by atoms with Crippen LogP contribution in [0.4, 0.5) is 0 Å². The van der Waals surface area contributed by atoms with Crippen molar-refractivity contribution in [1.29, 1.82) is 0 Å². The van der Waals surface area contributed by atoms with Gasteiger partial charge in [0.1, 0.15) is 5.69 Å². The van der Waals surface area contributed by atoms with Crippen molar-refractivity contribution in [2.75, 3.05) is 13.1 Å². The Hall–Kier alpha value is -2.61. The van der Waals surface area contributed by atoms with Crippen molar-refractivity contribution in [2.45, 2.75) is 26.2 Å². The Labute approximate surface area is 155 Å². The summed E-state index contributed by atoms with van der Waals surface area (Å²) in [5.74, 6) is 1.48. The summed E-state index contributed by atoms with van der Waals surface area (Å²) in [4.78, 5) is 28.0. The Morgan fingerprint density at radius 3 is 3.12 bits per heavy atom. The standard InChI is InChI=1S/C18H19N5O2S/c1-12-7-15(26-11-12)18(24)23-6-2-3-13(10-23)8-16-21-17(22-25-16)14-9-19-4-5-20-14/h4-5,7,9,11,13H,2-3,6,8,10H2,1H3/t13-/m1/s1. The summed E-state index contributed by atoms with van der Waals surface area (Å²) in [5, 5.41) is 6.00. The van der Waals surface area contributed by atoms with Gasteiger partial charge in [-0.15, -0.1) is 11.3 Å². The summed E-state index contributed by atoms with van der Waals surface area (Å²) in [6, 6.07) is 1.96. The minimum absolute atomic E-state index is 0.124. The minimum atomic E-state index is 0.124. The molecule has 0 unspecified atom stereocenters. The molecule has 0 aromatic carbocycles. The number of carbonyl (C=O) groups is 1. The number of rotatable bonds is 4. The molecule has 0 N–H and O–H groups in total. The number of carbonyl (C=O) groups excluding carboxylic acids is 1. The van der Waals surface area contributed by atoms with Crippen LogP contribution < -0.4 is 0 Å². The summed E-state index contributed by atoms with van der Waals surface area (Å²) in [7, 11) is 0. The van der Waals surface area contributed by atoms with Crippen molar-refractivity contribution in [2.24, 2.45) is 5.92 Å². The van der Waals surface area contributed by atoms with Gasteiger partial charge in [-0.3, -0.25) is 9.78 Å². The van der Waals surface area contributed by atoms with E-state index in [1.54, 1.807) is 18.6 Å². The Kier molecular flexibility index (Phi) is 4.75. The lowest BCUT2D eigenvalue weighted by Crippen LogP contribution is -2.40. The van der Waals surface area contributed by atoms with Crippen LogP contribution in [0.15, 0.2) is 34.6 Å². The molecule has 1 fully saturated rings. The third-order valence-electron chi connectivity index (χ3n) is 4.47. The maximum absolute atomic E-state index is 12.7. The molecule has 7 nitrogen and oxygen atoms in total. The maximum atomic E-state index is 12.7. The SMILES string of the molecule is Cc1csc(C(=O)N2CCC[C@H](Cc3nc(-c4cnccn4)no3)C2)c1. The smallest absolute Gasteiger partial charge is 0.263 e. The molecule has 134 valence electrons. The van der Waals surface area contributed by atoms with Crippen molar-refractivity contribution >= 4 is 17.2 Å². The highest BCUT2D eigenvalue weighted by Gasteiger charge is 2.27. The Morgan fingerprint density at radius 2 is 2.35 bits per heavy atom. The zero-order chi connectivity index (χ0) is 17.9. The first-order valence-corrected chi connectivity index (χ1v) is 9.50. The second kappa shape index (κ2) is 7.33. The van der Waals surface area contributed by atoms with Crippen LogP contribution in [0.5, 0.6) is 0 Å². The molecule has 1 aliphatic rings. The molecule has 1 amide bonds. The van der Waals surface area contributed by atoms with Gasteiger partial charge < -0.3 is 9.42 Å². The summed E-state index contributed by atoms with van der Waals surface area (Å²) in [5.41, 5.74) is 1.73. The molecule has 1 atom stereocenters. The van der Waals surface area contributed by atoms with Gasteiger partial charge in [0.05, 0.1) is 11.1 Å². The van der Waals surface area contributed by atoms with E-state index in [2.05, 4.69) is 20.1 Å². The van der Waals surface area contributed by atoms with Gasteiger partial charge in [0.15, 0.2) is 0 Å². The second-order valence-corrected chi connectivity index (χ2v) is 7.47. The number of hydrogen-bond donors (Lipinski definition) is 0. The van der Waals surface area contributed by atoms with Crippen LogP contribution >= 0.6 is 11.3 Å². The number of hydrogen-bond acceptors (Lipinski definition) is 7. The van der Waals surface area contributed by atoms with E-state index < -0.39 is 0 Å². The van der Waals surface area contributed by atoms with Gasteiger partial charge in [0.2, 0.25) is 11.7 Å². The third kappa shape index (κ3) is 3.65. The molecule has 3 aromatic heterocycles. The van der Waals surface area contributed by atoms with E-state index in [1.807, 2.05) is 23.3 Å². The van der Waals surface area contributed by atoms with Gasteiger partial charge in [-0.2, -0.15) is 4.98 Å². The summed E-state index contributed by atoms with van der Waals surface area (Å²) in [6.07, 6.45) is 7.52. The lowest BCUT2D eigenvalue weighted by atomic mass is 9.94. The van der Waals surface area contributed by atoms with Crippen molar-refractivity contribution in [3.8, 4) is 11.5 Å². The van der Waals surface area contributed by atoms with E-state index in [0.29, 0.717) is 29.7 Å². The predicted molar refractivity (Wildman–Crippen MR) is 96.7 cm³/mol. The molecular weight excluding hydrogens is 350 g/mol. The van der Waals surface area contributed by atoms with Crippen LogP contribution in [0.2, 0.25) is 0 Å². The fourth-order valence-electron chi connectivity index (χ4n) is 3.22. The van der Waals surface area contributed by atoms with E-state index in [4.69, 9.17) is 4.52 Å². The molecule has 1 aliphatic heterocycles. The second-order valence-electron chi connectivity index (χ2n) is 6.55. The number of piperidine rings is 1. The highest BCUT2D eigenvalue weighted by Crippen LogP contribution is 2.24. The van der Waals surface area contributed by atoms with Crippen LogP contribution in [0.3, 0.4) is 0 Å². The van der Waals surface area contributed by atoms with Gasteiger partial charge in [-0.25, -0.2) is 4.98 Å². The summed E-state index contributed by atoms with van der Waals surface area (Å²) in [6.45, 7) is 3.54. The molecule has 1 saturated heterocycles. The van der Waals surface area contributed by atoms with Crippen LogP contribution in [0.25, 0.3) is 11.5 Å². The molecule has 4 heterocycles. The van der Waals surface area contributed by atoms with Crippen LogP contribution in [0.1, 0.15) is 34.0 Å². The van der Waals surface area contributed by atoms with Crippen LogP contribution in [-0.2, 0) is 6.42 Å². The molecule has 0 bridgehead atoms. The zero-order valence-corrected chi connectivity index (χ0v) is 15.3. The maximum Gasteiger partial charge on any atom is 0.263 e. The Balaban J connectivity index is 1.41. The molecule has 0 saturated carbocycles. The normalized spacial score (nSPS) is 17.4. The van der Waals surface area contributed by atoms with Gasteiger partial charge in [-0.05, 0) is 42.7 Å². The highest BCUT2D eigenvalue weighted by atomic mass is 32.1. The molecule has 4 rings (SSSR count). The topological polar surface area (TPSA) is 85.0 Å². The minimum Gasteiger partial charge on any atom is -0.339 e.